The zero-order valence-corrected chi connectivity index (χ0v) is 19.5. The molecular weight excluding hydrogens is 492 g/mol. The topological polar surface area (TPSA) is 87.9 Å². The zero-order chi connectivity index (χ0) is 23.2. The van der Waals surface area contributed by atoms with Gasteiger partial charge in [0.25, 0.3) is 5.56 Å². The predicted octanol–water partition coefficient (Wildman–Crippen LogP) is 2.66. The third-order valence-corrected chi connectivity index (χ3v) is 9.12. The van der Waals surface area contributed by atoms with Crippen molar-refractivity contribution < 1.29 is 17.2 Å². The highest BCUT2D eigenvalue weighted by Gasteiger charge is 2.29. The van der Waals surface area contributed by atoms with Gasteiger partial charge in [-0.05, 0) is 29.6 Å². The summed E-state index contributed by atoms with van der Waals surface area (Å²) in [5, 5.41) is 7.02. The fourth-order valence-electron chi connectivity index (χ4n) is 3.58. The number of hydrogen-bond donors (Lipinski definition) is 0. The average molecular weight is 510 g/mol. The van der Waals surface area contributed by atoms with Crippen molar-refractivity contribution >= 4 is 37.7 Å². The Kier molecular flexibility index (Phi) is 5.82. The molecule has 172 valence electrons. The third-order valence-electron chi connectivity index (χ3n) is 5.28. The highest BCUT2D eigenvalue weighted by Crippen LogP contribution is 2.28. The Morgan fingerprint density at radius 2 is 1.82 bits per heavy atom. The van der Waals surface area contributed by atoms with Crippen LogP contribution in [0.15, 0.2) is 51.5 Å². The minimum Gasteiger partial charge on any atom is -0.295 e. The van der Waals surface area contributed by atoms with E-state index in [9.17, 15) is 22.0 Å². The summed E-state index contributed by atoms with van der Waals surface area (Å²) >= 11 is 2.87. The number of sulfonamides is 1. The minimum atomic E-state index is -3.93. The van der Waals surface area contributed by atoms with Crippen LogP contribution < -0.4 is 5.56 Å². The van der Waals surface area contributed by atoms with Crippen LogP contribution >= 0.6 is 22.7 Å². The van der Waals surface area contributed by atoms with Crippen LogP contribution in [0.2, 0.25) is 0 Å². The van der Waals surface area contributed by atoms with Crippen molar-refractivity contribution in [2.45, 2.75) is 11.4 Å². The zero-order valence-electron chi connectivity index (χ0n) is 17.0. The SMILES string of the molecule is O=c1cc(CN2CCN(S(=O)(=O)c3ccc(F)c(F)c3)CC2)nc2sc(-c3cccs3)nn12. The standard InChI is InChI=1S/C20H17F2N5O3S3/c21-15-4-3-14(11-16(15)22)33(29,30)26-7-5-25(6-8-26)12-13-10-18(28)27-20(23-13)32-19(24-27)17-2-1-9-31-17/h1-4,9-11H,5-8,12H2. The maximum atomic E-state index is 13.5. The van der Waals surface area contributed by atoms with Crippen LogP contribution in [-0.2, 0) is 16.6 Å². The van der Waals surface area contributed by atoms with Gasteiger partial charge in [-0.25, -0.2) is 22.2 Å². The van der Waals surface area contributed by atoms with Gasteiger partial charge < -0.3 is 0 Å². The first kappa shape index (κ1) is 22.2. The van der Waals surface area contributed by atoms with Gasteiger partial charge in [-0.2, -0.15) is 13.9 Å². The van der Waals surface area contributed by atoms with Gasteiger partial charge in [0.05, 0.1) is 15.5 Å². The average Bonchev–Trinajstić information content (AvgIpc) is 3.46. The van der Waals surface area contributed by atoms with E-state index in [2.05, 4.69) is 10.1 Å². The lowest BCUT2D eigenvalue weighted by molar-refractivity contribution is 0.180. The van der Waals surface area contributed by atoms with Crippen molar-refractivity contribution in [3.8, 4) is 9.88 Å². The molecule has 0 unspecified atom stereocenters. The van der Waals surface area contributed by atoms with Crippen LogP contribution in [0.25, 0.3) is 14.8 Å². The van der Waals surface area contributed by atoms with Crippen LogP contribution in [0, 0.1) is 11.6 Å². The van der Waals surface area contributed by atoms with Crippen LogP contribution in [0.5, 0.6) is 0 Å². The first-order valence-electron chi connectivity index (χ1n) is 9.92. The molecule has 0 aliphatic carbocycles. The summed E-state index contributed by atoms with van der Waals surface area (Å²) in [5.41, 5.74) is 0.312. The molecule has 0 saturated carbocycles. The number of halogens is 2. The molecule has 0 atom stereocenters. The van der Waals surface area contributed by atoms with E-state index < -0.39 is 21.7 Å². The molecule has 0 bridgehead atoms. The first-order chi connectivity index (χ1) is 15.8. The van der Waals surface area contributed by atoms with E-state index in [1.165, 1.54) is 37.6 Å². The molecule has 5 rings (SSSR count). The molecule has 8 nitrogen and oxygen atoms in total. The van der Waals surface area contributed by atoms with Gasteiger partial charge >= 0.3 is 0 Å². The van der Waals surface area contributed by atoms with Crippen molar-refractivity contribution in [1.29, 1.82) is 0 Å². The largest absolute Gasteiger partial charge is 0.295 e. The fraction of sp³-hybridized carbons (Fsp3) is 0.250. The van der Waals surface area contributed by atoms with Crippen molar-refractivity contribution in [2.75, 3.05) is 26.2 Å². The second-order valence-corrected chi connectivity index (χ2v) is 11.3. The number of aromatic nitrogens is 3. The van der Waals surface area contributed by atoms with E-state index in [1.807, 2.05) is 22.4 Å². The summed E-state index contributed by atoms with van der Waals surface area (Å²) in [4.78, 5) is 20.3. The van der Waals surface area contributed by atoms with Crippen LogP contribution in [0.1, 0.15) is 5.69 Å². The van der Waals surface area contributed by atoms with Gasteiger partial charge in [0, 0.05) is 38.8 Å². The lowest BCUT2D eigenvalue weighted by Crippen LogP contribution is -2.48. The molecule has 0 radical (unpaired) electrons. The maximum Gasteiger partial charge on any atom is 0.275 e. The summed E-state index contributed by atoms with van der Waals surface area (Å²) in [6.45, 7) is 1.58. The number of thiophene rings is 1. The smallest absolute Gasteiger partial charge is 0.275 e. The summed E-state index contributed by atoms with van der Waals surface area (Å²) in [6, 6.07) is 7.86. The van der Waals surface area contributed by atoms with Gasteiger partial charge in [-0.15, -0.1) is 11.3 Å². The van der Waals surface area contributed by atoms with E-state index in [1.54, 1.807) is 0 Å². The summed E-state index contributed by atoms with van der Waals surface area (Å²) in [5.74, 6) is -2.30. The van der Waals surface area contributed by atoms with Gasteiger partial charge in [0.2, 0.25) is 15.0 Å². The lowest BCUT2D eigenvalue weighted by Gasteiger charge is -2.33. The van der Waals surface area contributed by atoms with Crippen molar-refractivity contribution in [2.24, 2.45) is 0 Å². The highest BCUT2D eigenvalue weighted by atomic mass is 32.2. The van der Waals surface area contributed by atoms with E-state index in [0.29, 0.717) is 36.4 Å². The van der Waals surface area contributed by atoms with Crippen molar-refractivity contribution in [3.05, 3.63) is 69.5 Å². The number of fused-ring (bicyclic) bond motifs is 1. The van der Waals surface area contributed by atoms with Crippen LogP contribution in [0.3, 0.4) is 0 Å². The summed E-state index contributed by atoms with van der Waals surface area (Å²) < 4.78 is 54.7. The second kappa shape index (κ2) is 8.65. The highest BCUT2D eigenvalue weighted by molar-refractivity contribution is 7.89. The number of nitrogens with zero attached hydrogens (tertiary/aromatic N) is 5. The molecule has 13 heteroatoms. The second-order valence-electron chi connectivity index (χ2n) is 7.42. The third kappa shape index (κ3) is 4.34. The molecule has 1 aliphatic heterocycles. The molecule has 4 aromatic rings. The van der Waals surface area contributed by atoms with Gasteiger partial charge in [0.1, 0.15) is 0 Å². The monoisotopic (exact) mass is 509 g/mol. The molecule has 0 spiro atoms. The van der Waals surface area contributed by atoms with Gasteiger partial charge in [-0.3, -0.25) is 9.69 Å². The van der Waals surface area contributed by atoms with Crippen molar-refractivity contribution in [1.82, 2.24) is 23.8 Å². The summed E-state index contributed by atoms with van der Waals surface area (Å²) in [7, 11) is -3.93. The molecule has 0 amide bonds. The number of hydrogen-bond acceptors (Lipinski definition) is 8. The van der Waals surface area contributed by atoms with Gasteiger partial charge in [-0.1, -0.05) is 17.4 Å². The van der Waals surface area contributed by atoms with E-state index >= 15 is 0 Å². The molecular formula is C20H17F2N5O3S3. The Labute approximate surface area is 195 Å². The van der Waals surface area contributed by atoms with Crippen LogP contribution in [0.4, 0.5) is 8.78 Å². The van der Waals surface area contributed by atoms with Gasteiger partial charge in [0.15, 0.2) is 16.6 Å². The summed E-state index contributed by atoms with van der Waals surface area (Å²) in [6.07, 6.45) is 0. The number of benzene rings is 1. The fourth-order valence-corrected chi connectivity index (χ4v) is 6.73. The number of rotatable bonds is 5. The Hall–Kier alpha value is -2.58. The van der Waals surface area contributed by atoms with Crippen molar-refractivity contribution in [3.63, 3.8) is 0 Å². The quantitative estimate of drug-likeness (QED) is 0.411. The van der Waals surface area contributed by atoms with E-state index in [4.69, 9.17) is 0 Å². The minimum absolute atomic E-state index is 0.186. The number of piperazine rings is 1. The lowest BCUT2D eigenvalue weighted by atomic mass is 10.3. The molecule has 4 heterocycles. The van der Waals surface area contributed by atoms with E-state index in [0.717, 1.165) is 22.0 Å². The Balaban J connectivity index is 1.29. The molecule has 1 saturated heterocycles. The molecule has 3 aromatic heterocycles. The molecule has 1 fully saturated rings. The Morgan fingerprint density at radius 1 is 1.03 bits per heavy atom. The molecule has 1 aromatic carbocycles. The predicted molar refractivity (Wildman–Crippen MR) is 121 cm³/mol. The van der Waals surface area contributed by atoms with Crippen LogP contribution in [-0.4, -0.2) is 58.4 Å². The molecule has 0 N–H and O–H groups in total. The Morgan fingerprint density at radius 3 is 2.52 bits per heavy atom. The Bertz CT molecular complexity index is 1480. The molecule has 33 heavy (non-hydrogen) atoms. The van der Waals surface area contributed by atoms with E-state index in [-0.39, 0.29) is 23.5 Å². The first-order valence-corrected chi connectivity index (χ1v) is 13.1. The normalized spacial score (nSPS) is 15.9. The maximum absolute atomic E-state index is 13.5. The molecule has 1 aliphatic rings.